The van der Waals surface area contributed by atoms with Gasteiger partial charge in [0.25, 0.3) is 0 Å². The fraction of sp³-hybridized carbons (Fsp3) is 0.0556. The lowest BCUT2D eigenvalue weighted by atomic mass is 10.2. The summed E-state index contributed by atoms with van der Waals surface area (Å²) in [6.45, 7) is 0. The monoisotopic (exact) mass is 352 g/mol. The molecule has 0 atom stereocenters. The molecule has 0 saturated heterocycles. The van der Waals surface area contributed by atoms with E-state index in [0.29, 0.717) is 9.82 Å². The molecule has 0 aliphatic heterocycles. The first-order valence-corrected chi connectivity index (χ1v) is 8.54. The summed E-state index contributed by atoms with van der Waals surface area (Å²) in [4.78, 5) is 14.0. The third-order valence-corrected chi connectivity index (χ3v) is 4.90. The van der Waals surface area contributed by atoms with Crippen molar-refractivity contribution in [3.05, 3.63) is 70.6 Å². The third-order valence-electron chi connectivity index (χ3n) is 3.66. The molecule has 0 fully saturated rings. The fourth-order valence-corrected chi connectivity index (χ4v) is 3.55. The van der Waals surface area contributed by atoms with E-state index in [0.717, 1.165) is 28.0 Å². The van der Waals surface area contributed by atoms with Crippen molar-refractivity contribution in [3.8, 4) is 17.1 Å². The summed E-state index contributed by atoms with van der Waals surface area (Å²) in [5, 5.41) is 1.79. The first-order valence-electron chi connectivity index (χ1n) is 7.39. The number of aromatic nitrogens is 3. The number of hydrogen-bond acceptors (Lipinski definition) is 4. The number of hydrogen-bond donors (Lipinski definition) is 0. The molecule has 0 N–H and O–H groups in total. The van der Waals surface area contributed by atoms with Gasteiger partial charge in [-0.15, -0.1) is 0 Å². The van der Waals surface area contributed by atoms with E-state index in [1.54, 1.807) is 13.2 Å². The van der Waals surface area contributed by atoms with Crippen LogP contribution in [0.2, 0.25) is 5.02 Å². The Morgan fingerprint density at radius 3 is 2.83 bits per heavy atom. The second-order valence-electron chi connectivity index (χ2n) is 5.22. The molecule has 6 heteroatoms. The van der Waals surface area contributed by atoms with Gasteiger partial charge in [-0.3, -0.25) is 9.98 Å². The average molecular weight is 353 g/mol. The van der Waals surface area contributed by atoms with E-state index in [1.807, 2.05) is 36.4 Å². The van der Waals surface area contributed by atoms with E-state index in [2.05, 4.69) is 37.1 Å². The molecule has 0 bridgehead atoms. The molecule has 0 spiro atoms. The number of halogens is 1. The Labute approximate surface area is 147 Å². The van der Waals surface area contributed by atoms with Gasteiger partial charge in [-0.05, 0) is 41.9 Å². The maximum absolute atomic E-state index is 6.14. The van der Waals surface area contributed by atoms with Gasteiger partial charge < -0.3 is 0 Å². The lowest BCUT2D eigenvalue weighted by Crippen LogP contribution is -1.96. The maximum atomic E-state index is 6.14. The van der Waals surface area contributed by atoms with Crippen LogP contribution >= 0.6 is 23.1 Å². The molecule has 0 unspecified atom stereocenters. The van der Waals surface area contributed by atoms with Crippen LogP contribution in [-0.2, 0) is 0 Å². The zero-order chi connectivity index (χ0) is 16.5. The molecule has 24 heavy (non-hydrogen) atoms. The number of pyridine rings is 1. The highest BCUT2D eigenvalue weighted by Crippen LogP contribution is 2.26. The molecule has 2 aromatic heterocycles. The van der Waals surface area contributed by atoms with Crippen molar-refractivity contribution in [1.29, 1.82) is 0 Å². The summed E-state index contributed by atoms with van der Waals surface area (Å²) in [7, 11) is 1.74. The van der Waals surface area contributed by atoms with Crippen LogP contribution in [0.5, 0.6) is 0 Å². The normalized spacial score (nSPS) is 12.0. The van der Waals surface area contributed by atoms with E-state index in [9.17, 15) is 0 Å². The second-order valence-corrected chi connectivity index (χ2v) is 6.57. The van der Waals surface area contributed by atoms with E-state index >= 15 is 0 Å². The Morgan fingerprint density at radius 1 is 1.08 bits per heavy atom. The van der Waals surface area contributed by atoms with Gasteiger partial charge in [0.1, 0.15) is 0 Å². The van der Waals surface area contributed by atoms with Crippen LogP contribution in [0.3, 0.4) is 0 Å². The van der Waals surface area contributed by atoms with Crippen LogP contribution in [0.25, 0.3) is 28.0 Å². The zero-order valence-electron chi connectivity index (χ0n) is 12.8. The molecule has 4 rings (SSSR count). The SMILES string of the molecule is CN=c1nc(-c2cccc(Cl)c2)n(-c2ccc3cccnc3c2)s1. The molecule has 0 saturated carbocycles. The lowest BCUT2D eigenvalue weighted by molar-refractivity contribution is 1.12. The molecule has 0 radical (unpaired) electrons. The third kappa shape index (κ3) is 2.72. The Bertz CT molecular complexity index is 1100. The van der Waals surface area contributed by atoms with Crippen molar-refractivity contribution >= 4 is 34.0 Å². The summed E-state index contributed by atoms with van der Waals surface area (Å²) in [5.41, 5.74) is 2.90. The molecule has 4 nitrogen and oxygen atoms in total. The van der Waals surface area contributed by atoms with Gasteiger partial charge >= 0.3 is 0 Å². The lowest BCUT2D eigenvalue weighted by Gasteiger charge is -2.07. The van der Waals surface area contributed by atoms with Crippen LogP contribution in [0.1, 0.15) is 0 Å². The number of fused-ring (bicyclic) bond motifs is 1. The Morgan fingerprint density at radius 2 is 2.00 bits per heavy atom. The van der Waals surface area contributed by atoms with Crippen LogP contribution < -0.4 is 4.80 Å². The summed E-state index contributed by atoms with van der Waals surface area (Å²) in [5.74, 6) is 0.818. The molecule has 0 amide bonds. The Balaban J connectivity index is 1.95. The van der Waals surface area contributed by atoms with E-state index in [4.69, 9.17) is 11.6 Å². The average Bonchev–Trinajstić information content (AvgIpc) is 3.06. The van der Waals surface area contributed by atoms with Crippen LogP contribution in [0, 0.1) is 0 Å². The highest BCUT2D eigenvalue weighted by molar-refractivity contribution is 7.04. The first-order chi connectivity index (χ1) is 11.7. The van der Waals surface area contributed by atoms with Crippen molar-refractivity contribution in [2.75, 3.05) is 7.05 Å². The van der Waals surface area contributed by atoms with E-state index in [-0.39, 0.29) is 0 Å². The standard InChI is InChI=1S/C18H13ClN4S/c1-20-18-22-17(13-4-2-6-14(19)10-13)23(24-18)15-8-7-12-5-3-9-21-16(12)11-15/h2-11H,1H3. The topological polar surface area (TPSA) is 43.1 Å². The molecule has 0 aliphatic rings. The number of nitrogens with zero attached hydrogens (tertiary/aromatic N) is 4. The van der Waals surface area contributed by atoms with Gasteiger partial charge in [0, 0.05) is 29.2 Å². The largest absolute Gasteiger partial charge is 0.260 e. The summed E-state index contributed by atoms with van der Waals surface area (Å²) >= 11 is 7.63. The predicted molar refractivity (Wildman–Crippen MR) is 98.7 cm³/mol. The van der Waals surface area contributed by atoms with Crippen molar-refractivity contribution in [2.24, 2.45) is 4.99 Å². The minimum atomic E-state index is 0.683. The van der Waals surface area contributed by atoms with E-state index in [1.165, 1.54) is 11.5 Å². The summed E-state index contributed by atoms with van der Waals surface area (Å²) in [6.07, 6.45) is 1.80. The van der Waals surface area contributed by atoms with E-state index < -0.39 is 0 Å². The summed E-state index contributed by atoms with van der Waals surface area (Å²) < 4.78 is 2.06. The molecule has 4 aromatic rings. The number of rotatable bonds is 2. The quantitative estimate of drug-likeness (QED) is 0.538. The van der Waals surface area contributed by atoms with Gasteiger partial charge in [0.2, 0.25) is 4.80 Å². The van der Waals surface area contributed by atoms with Gasteiger partial charge in [-0.1, -0.05) is 35.9 Å². The Hall–Kier alpha value is -2.50. The molecular formula is C18H13ClN4S. The molecule has 0 aliphatic carbocycles. The maximum Gasteiger partial charge on any atom is 0.222 e. The smallest absolute Gasteiger partial charge is 0.222 e. The van der Waals surface area contributed by atoms with Crippen LogP contribution in [0.4, 0.5) is 0 Å². The van der Waals surface area contributed by atoms with Gasteiger partial charge in [-0.2, -0.15) is 4.98 Å². The van der Waals surface area contributed by atoms with Gasteiger partial charge in [0.05, 0.1) is 11.2 Å². The Kier molecular flexibility index (Phi) is 3.88. The number of benzene rings is 2. The van der Waals surface area contributed by atoms with Crippen LogP contribution in [0.15, 0.2) is 65.8 Å². The van der Waals surface area contributed by atoms with Crippen LogP contribution in [-0.4, -0.2) is 21.0 Å². The molecule has 2 heterocycles. The first kappa shape index (κ1) is 15.1. The highest BCUT2D eigenvalue weighted by atomic mass is 35.5. The van der Waals surface area contributed by atoms with Crippen molar-refractivity contribution in [1.82, 2.24) is 13.9 Å². The minimum absolute atomic E-state index is 0.683. The van der Waals surface area contributed by atoms with Gasteiger partial charge in [-0.25, -0.2) is 3.96 Å². The molecule has 2 aromatic carbocycles. The van der Waals surface area contributed by atoms with Crippen molar-refractivity contribution in [3.63, 3.8) is 0 Å². The van der Waals surface area contributed by atoms with Crippen molar-refractivity contribution < 1.29 is 0 Å². The van der Waals surface area contributed by atoms with Gasteiger partial charge in [0.15, 0.2) is 5.82 Å². The molecular weight excluding hydrogens is 340 g/mol. The summed E-state index contributed by atoms with van der Waals surface area (Å²) in [6, 6.07) is 17.9. The predicted octanol–water partition coefficient (Wildman–Crippen LogP) is 4.33. The second kappa shape index (κ2) is 6.19. The van der Waals surface area contributed by atoms with Crippen molar-refractivity contribution in [2.45, 2.75) is 0 Å². The fourth-order valence-electron chi connectivity index (χ4n) is 2.54. The zero-order valence-corrected chi connectivity index (χ0v) is 14.4. The highest BCUT2D eigenvalue weighted by Gasteiger charge is 2.12. The minimum Gasteiger partial charge on any atom is -0.260 e. The molecule has 118 valence electrons.